The maximum Gasteiger partial charge on any atom is 0.170 e. The summed E-state index contributed by atoms with van der Waals surface area (Å²) in [6.07, 6.45) is 0.787. The molecule has 0 aliphatic rings. The van der Waals surface area contributed by atoms with Crippen LogP contribution in [0.25, 0.3) is 0 Å². The minimum absolute atomic E-state index is 0.0631. The number of hydrogen-bond acceptors (Lipinski definition) is 2. The highest BCUT2D eigenvalue weighted by Crippen LogP contribution is 2.36. The molecule has 0 saturated carbocycles. The Morgan fingerprint density at radius 3 is 2.43 bits per heavy atom. The van der Waals surface area contributed by atoms with Gasteiger partial charge in [-0.15, -0.1) is 11.3 Å². The predicted octanol–water partition coefficient (Wildman–Crippen LogP) is 4.67. The summed E-state index contributed by atoms with van der Waals surface area (Å²) >= 11 is 12.9. The van der Waals surface area contributed by atoms with E-state index in [1.54, 1.807) is 6.07 Å². The van der Waals surface area contributed by atoms with Crippen molar-refractivity contribution in [2.75, 3.05) is 0 Å². The molecule has 1 heterocycles. The lowest BCUT2D eigenvalue weighted by molar-refractivity contribution is 0.0833. The van der Waals surface area contributed by atoms with Gasteiger partial charge in [0.1, 0.15) is 4.34 Å². The van der Waals surface area contributed by atoms with Gasteiger partial charge in [0.15, 0.2) is 5.78 Å². The standard InChI is InChI=1S/C10H12Cl2OS/c1-4-10(2,3)8(13)6-5-7(11)14-9(6)12/h5H,4H2,1-3H3. The molecule has 0 aliphatic carbocycles. The van der Waals surface area contributed by atoms with E-state index in [2.05, 4.69) is 0 Å². The van der Waals surface area contributed by atoms with Crippen LogP contribution >= 0.6 is 34.5 Å². The van der Waals surface area contributed by atoms with E-state index in [4.69, 9.17) is 23.2 Å². The minimum atomic E-state index is -0.367. The molecule has 1 nitrogen and oxygen atoms in total. The summed E-state index contributed by atoms with van der Waals surface area (Å²) in [6.45, 7) is 5.81. The zero-order valence-corrected chi connectivity index (χ0v) is 10.7. The molecule has 0 spiro atoms. The lowest BCUT2D eigenvalue weighted by Gasteiger charge is -2.20. The maximum absolute atomic E-state index is 12.0. The van der Waals surface area contributed by atoms with Gasteiger partial charge < -0.3 is 0 Å². The Balaban J connectivity index is 3.06. The molecule has 0 bridgehead atoms. The molecule has 0 aliphatic heterocycles. The van der Waals surface area contributed by atoms with Crippen LogP contribution in [0, 0.1) is 5.41 Å². The number of halogens is 2. The van der Waals surface area contributed by atoms with E-state index < -0.39 is 0 Å². The zero-order chi connectivity index (χ0) is 10.9. The number of thiophene rings is 1. The Morgan fingerprint density at radius 2 is 2.07 bits per heavy atom. The van der Waals surface area contributed by atoms with E-state index in [-0.39, 0.29) is 11.2 Å². The van der Waals surface area contributed by atoms with Crippen molar-refractivity contribution in [3.63, 3.8) is 0 Å². The van der Waals surface area contributed by atoms with Crippen LogP contribution in [-0.4, -0.2) is 5.78 Å². The van der Waals surface area contributed by atoms with Gasteiger partial charge in [-0.25, -0.2) is 0 Å². The molecule has 0 unspecified atom stereocenters. The summed E-state index contributed by atoms with van der Waals surface area (Å²) in [7, 11) is 0. The largest absolute Gasteiger partial charge is 0.293 e. The Morgan fingerprint density at radius 1 is 1.50 bits per heavy atom. The van der Waals surface area contributed by atoms with Crippen molar-refractivity contribution in [2.45, 2.75) is 27.2 Å². The van der Waals surface area contributed by atoms with Crippen LogP contribution in [-0.2, 0) is 0 Å². The molecule has 4 heteroatoms. The van der Waals surface area contributed by atoms with Crippen LogP contribution in [0.4, 0.5) is 0 Å². The molecule has 1 rings (SSSR count). The van der Waals surface area contributed by atoms with Crippen molar-refractivity contribution in [1.29, 1.82) is 0 Å². The van der Waals surface area contributed by atoms with E-state index in [1.807, 2.05) is 20.8 Å². The number of carbonyl (C=O) groups excluding carboxylic acids is 1. The van der Waals surface area contributed by atoms with Gasteiger partial charge in [-0.3, -0.25) is 4.79 Å². The molecule has 14 heavy (non-hydrogen) atoms. The molecular weight excluding hydrogens is 239 g/mol. The van der Waals surface area contributed by atoms with Crippen molar-refractivity contribution in [2.24, 2.45) is 5.41 Å². The van der Waals surface area contributed by atoms with Crippen molar-refractivity contribution in [3.05, 3.63) is 20.3 Å². The molecule has 0 atom stereocenters. The first-order chi connectivity index (χ1) is 6.38. The lowest BCUT2D eigenvalue weighted by Crippen LogP contribution is -2.23. The Hall–Kier alpha value is -0.0500. The highest BCUT2D eigenvalue weighted by Gasteiger charge is 2.29. The van der Waals surface area contributed by atoms with E-state index in [1.165, 1.54) is 11.3 Å². The van der Waals surface area contributed by atoms with Crippen molar-refractivity contribution < 1.29 is 4.79 Å². The lowest BCUT2D eigenvalue weighted by atomic mass is 9.83. The Labute approximate surface area is 98.0 Å². The number of Topliss-reactive ketones (excluding diaryl/α,β-unsaturated/α-hetero) is 1. The highest BCUT2D eigenvalue weighted by molar-refractivity contribution is 7.20. The van der Waals surface area contributed by atoms with Gasteiger partial charge in [0.2, 0.25) is 0 Å². The van der Waals surface area contributed by atoms with Gasteiger partial charge >= 0.3 is 0 Å². The molecule has 78 valence electrons. The van der Waals surface area contributed by atoms with Gasteiger partial charge in [0, 0.05) is 11.0 Å². The SMILES string of the molecule is CCC(C)(C)C(=O)c1cc(Cl)sc1Cl. The molecule has 0 saturated heterocycles. The van der Waals surface area contributed by atoms with Crippen LogP contribution in [0.5, 0.6) is 0 Å². The summed E-state index contributed by atoms with van der Waals surface area (Å²) in [5.41, 5.74) is 0.183. The summed E-state index contributed by atoms with van der Waals surface area (Å²) in [6, 6.07) is 1.65. The first-order valence-corrected chi connectivity index (χ1v) is 5.95. The Kier molecular flexibility index (Phi) is 3.62. The van der Waals surface area contributed by atoms with Gasteiger partial charge in [0.05, 0.1) is 4.34 Å². The summed E-state index contributed by atoms with van der Waals surface area (Å²) in [5, 5.41) is 0. The van der Waals surface area contributed by atoms with E-state index in [0.717, 1.165) is 6.42 Å². The normalized spacial score (nSPS) is 11.8. The molecule has 0 radical (unpaired) electrons. The number of hydrogen-bond donors (Lipinski definition) is 0. The Bertz CT molecular complexity index is 355. The first kappa shape index (κ1) is 12.0. The van der Waals surface area contributed by atoms with Crippen LogP contribution in [0.3, 0.4) is 0 Å². The summed E-state index contributed by atoms with van der Waals surface area (Å²) in [4.78, 5) is 12.0. The van der Waals surface area contributed by atoms with Crippen LogP contribution in [0.1, 0.15) is 37.6 Å². The van der Waals surface area contributed by atoms with Gasteiger partial charge in [-0.05, 0) is 12.5 Å². The monoisotopic (exact) mass is 250 g/mol. The third kappa shape index (κ3) is 2.30. The summed E-state index contributed by atoms with van der Waals surface area (Å²) < 4.78 is 1.05. The fraction of sp³-hybridized carbons (Fsp3) is 0.500. The summed E-state index contributed by atoms with van der Waals surface area (Å²) in [5.74, 6) is 0.0631. The maximum atomic E-state index is 12.0. The van der Waals surface area contributed by atoms with E-state index in [9.17, 15) is 4.79 Å². The molecule has 1 aromatic rings. The van der Waals surface area contributed by atoms with Crippen molar-refractivity contribution >= 4 is 40.3 Å². The highest BCUT2D eigenvalue weighted by atomic mass is 35.5. The molecule has 0 aromatic carbocycles. The minimum Gasteiger partial charge on any atom is -0.293 e. The molecule has 0 fully saturated rings. The molecule has 0 N–H and O–H groups in total. The molecule has 1 aromatic heterocycles. The van der Waals surface area contributed by atoms with Crippen LogP contribution in [0.2, 0.25) is 8.67 Å². The quantitative estimate of drug-likeness (QED) is 0.713. The van der Waals surface area contributed by atoms with Gasteiger partial charge in [-0.2, -0.15) is 0 Å². The van der Waals surface area contributed by atoms with Crippen LogP contribution in [0.15, 0.2) is 6.07 Å². The van der Waals surface area contributed by atoms with Crippen molar-refractivity contribution in [3.8, 4) is 0 Å². The predicted molar refractivity (Wildman–Crippen MR) is 62.7 cm³/mol. The zero-order valence-electron chi connectivity index (χ0n) is 8.36. The average molecular weight is 251 g/mol. The first-order valence-electron chi connectivity index (χ1n) is 4.38. The van der Waals surface area contributed by atoms with Crippen molar-refractivity contribution in [1.82, 2.24) is 0 Å². The van der Waals surface area contributed by atoms with E-state index in [0.29, 0.717) is 14.2 Å². The second kappa shape index (κ2) is 4.21. The third-order valence-electron chi connectivity index (χ3n) is 2.40. The second-order valence-electron chi connectivity index (χ2n) is 3.80. The average Bonchev–Trinajstić information content (AvgIpc) is 2.44. The fourth-order valence-electron chi connectivity index (χ4n) is 1.02. The third-order valence-corrected chi connectivity index (χ3v) is 3.89. The fourth-order valence-corrected chi connectivity index (χ4v) is 2.48. The molecular formula is C10H12Cl2OS. The van der Waals surface area contributed by atoms with Crippen LogP contribution < -0.4 is 0 Å². The number of carbonyl (C=O) groups is 1. The van der Waals surface area contributed by atoms with Gasteiger partial charge in [-0.1, -0.05) is 44.0 Å². The number of rotatable bonds is 3. The second-order valence-corrected chi connectivity index (χ2v) is 6.09. The topological polar surface area (TPSA) is 17.1 Å². The van der Waals surface area contributed by atoms with E-state index >= 15 is 0 Å². The van der Waals surface area contributed by atoms with Gasteiger partial charge in [0.25, 0.3) is 0 Å². The smallest absolute Gasteiger partial charge is 0.170 e. The number of ketones is 1. The molecule has 0 amide bonds.